The van der Waals surface area contributed by atoms with Gasteiger partial charge in [0.05, 0.1) is 45.2 Å². The molecule has 4 heterocycles. The Morgan fingerprint density at radius 3 is 1.23 bits per heavy atom. The molecule has 4 rings (SSSR count). The van der Waals surface area contributed by atoms with E-state index in [1.807, 2.05) is 6.08 Å². The van der Waals surface area contributed by atoms with E-state index in [1.54, 1.807) is 6.08 Å². The van der Waals surface area contributed by atoms with Gasteiger partial charge >= 0.3 is 0 Å². The van der Waals surface area contributed by atoms with Crippen LogP contribution >= 0.6 is 0 Å². The highest BCUT2D eigenvalue weighted by Crippen LogP contribution is 2.35. The average Bonchev–Trinajstić information content (AvgIpc) is 0.785. The Labute approximate surface area is 565 Å². The van der Waals surface area contributed by atoms with E-state index in [0.29, 0.717) is 12.8 Å². The minimum absolute atomic E-state index is 0.215. The van der Waals surface area contributed by atoms with Gasteiger partial charge in [-0.3, -0.25) is 9.59 Å². The predicted molar refractivity (Wildman–Crippen MR) is 354 cm³/mol. The normalized spacial score (nSPS) is 32.1. The Kier molecular flexibility index (Phi) is 44.7. The number of carbonyl (C=O) groups is 2. The third-order valence-corrected chi connectivity index (χ3v) is 18.8. The minimum atomic E-state index is -2.10. The van der Waals surface area contributed by atoms with Crippen LogP contribution in [0.25, 0.3) is 0 Å². The molecule has 0 spiro atoms. The van der Waals surface area contributed by atoms with Crippen LogP contribution in [0.15, 0.2) is 24.3 Å². The lowest BCUT2D eigenvalue weighted by Crippen LogP contribution is -2.69. The molecule has 0 bridgehead atoms. The van der Waals surface area contributed by atoms with Crippen LogP contribution in [0, 0.1) is 0 Å². The van der Waals surface area contributed by atoms with E-state index in [2.05, 4.69) is 36.6 Å². The summed E-state index contributed by atoms with van der Waals surface area (Å²) < 4.78 is 46.5. The summed E-state index contributed by atoms with van der Waals surface area (Å²) in [4.78, 5) is 25.5. The van der Waals surface area contributed by atoms with Crippen molar-refractivity contribution in [3.05, 3.63) is 24.3 Å². The Hall–Kier alpha value is -2.42. The number of hydrogen-bond acceptors (Lipinski definition) is 23. The van der Waals surface area contributed by atoms with Gasteiger partial charge < -0.3 is 115 Å². The van der Waals surface area contributed by atoms with E-state index in [1.165, 1.54) is 154 Å². The number of hydrogen-bond donors (Lipinski definition) is 15. The zero-order valence-corrected chi connectivity index (χ0v) is 57.5. The number of ether oxygens (including phenoxy) is 8. The van der Waals surface area contributed by atoms with Crippen LogP contribution in [0.3, 0.4) is 0 Å². The third-order valence-electron chi connectivity index (χ3n) is 18.8. The summed E-state index contributed by atoms with van der Waals surface area (Å²) >= 11 is 0. The predicted octanol–water partition coefficient (Wildman–Crippen LogP) is 4.68. The van der Waals surface area contributed by atoms with Crippen LogP contribution in [0.1, 0.15) is 239 Å². The number of allylic oxidation sites excluding steroid dienone is 3. The van der Waals surface area contributed by atoms with Gasteiger partial charge in [-0.15, -0.1) is 0 Å². The van der Waals surface area contributed by atoms with Gasteiger partial charge in [-0.05, 0) is 44.9 Å². The van der Waals surface area contributed by atoms with Gasteiger partial charge in [0.2, 0.25) is 11.8 Å². The maximum Gasteiger partial charge on any atom is 0.220 e. The standard InChI is InChI=1S/C70H128N2O23/c1-4-6-8-10-12-14-16-18-19-20-21-22-23-24-25-26-27-29-31-33-35-37-39-41-54(79)72-48(49(78)40-38-36-34-32-30-28-17-15-13-11-9-7-5-2)46-88-68-61(85)59(83)64(52(44-75)91-68)93-69-62(86)60(84)65(53(45-76)92-69)94-70-63(87)66(57(81)51(43-74)90-70)95-67-55(71-47(3)77)58(82)56(80)50(42-73)89-67/h18-19,38,40,48-53,55-70,73-76,78,80-87H,4-17,20-37,39,41-46H2,1-3H3,(H,71,77)(H,72,79)/b19-18+,40-38-/t48-,49+,50+,51+,52+,53+,55+,56-,57-,58+,59+,60+,61-,62+,63+,64+,65-,66-,67-,68+,69-,70+/m0/s1. The van der Waals surface area contributed by atoms with Gasteiger partial charge in [0.25, 0.3) is 0 Å². The summed E-state index contributed by atoms with van der Waals surface area (Å²) in [6.07, 6.45) is 12.4. The van der Waals surface area contributed by atoms with Crippen molar-refractivity contribution >= 4 is 11.8 Å². The largest absolute Gasteiger partial charge is 0.394 e. The van der Waals surface area contributed by atoms with E-state index in [-0.39, 0.29) is 12.3 Å². The molecule has 22 atom stereocenters. The van der Waals surface area contributed by atoms with Gasteiger partial charge in [-0.2, -0.15) is 0 Å². The van der Waals surface area contributed by atoms with Crippen molar-refractivity contribution in [3.63, 3.8) is 0 Å². The van der Waals surface area contributed by atoms with Gasteiger partial charge in [-0.1, -0.05) is 205 Å². The number of unbranched alkanes of at least 4 members (excludes halogenated alkanes) is 30. The monoisotopic (exact) mass is 1360 g/mol. The highest BCUT2D eigenvalue weighted by molar-refractivity contribution is 5.76. The lowest BCUT2D eigenvalue weighted by Gasteiger charge is -2.49. The molecule has 0 radical (unpaired) electrons. The molecule has 0 aliphatic carbocycles. The number of rotatable bonds is 52. The van der Waals surface area contributed by atoms with Gasteiger partial charge in [0.15, 0.2) is 25.2 Å². The second-order valence-electron chi connectivity index (χ2n) is 26.8. The van der Waals surface area contributed by atoms with Crippen LogP contribution in [0.2, 0.25) is 0 Å². The summed E-state index contributed by atoms with van der Waals surface area (Å²) in [6, 6.07) is -2.53. The molecule has 95 heavy (non-hydrogen) atoms. The molecule has 4 saturated heterocycles. The van der Waals surface area contributed by atoms with Gasteiger partial charge in [-0.25, -0.2) is 0 Å². The molecule has 0 unspecified atom stereocenters. The maximum atomic E-state index is 13.5. The molecule has 0 aromatic rings. The van der Waals surface area contributed by atoms with Gasteiger partial charge in [0.1, 0.15) is 97.6 Å². The first-order valence-corrected chi connectivity index (χ1v) is 36.6. The summed E-state index contributed by atoms with van der Waals surface area (Å²) in [7, 11) is 0. The highest BCUT2D eigenvalue weighted by atomic mass is 16.8. The summed E-state index contributed by atoms with van der Waals surface area (Å²) in [5.74, 6) is -1.00. The molecule has 25 nitrogen and oxygen atoms in total. The quantitative estimate of drug-likeness (QED) is 0.0290. The highest BCUT2D eigenvalue weighted by Gasteiger charge is 2.56. The number of nitrogens with one attached hydrogen (secondary N) is 2. The van der Waals surface area contributed by atoms with Crippen molar-refractivity contribution in [2.45, 2.75) is 374 Å². The first kappa shape index (κ1) is 85.0. The van der Waals surface area contributed by atoms with E-state index < -0.39 is 174 Å². The van der Waals surface area contributed by atoms with Crippen LogP contribution in [-0.4, -0.2) is 246 Å². The van der Waals surface area contributed by atoms with Crippen LogP contribution in [0.4, 0.5) is 0 Å². The lowest BCUT2D eigenvalue weighted by atomic mass is 9.95. The number of aliphatic hydroxyl groups excluding tert-OH is 13. The minimum Gasteiger partial charge on any atom is -0.394 e. The fourth-order valence-electron chi connectivity index (χ4n) is 12.8. The van der Waals surface area contributed by atoms with E-state index in [0.717, 1.165) is 51.9 Å². The first-order chi connectivity index (χ1) is 46.0. The number of carbonyl (C=O) groups excluding carboxylic acids is 2. The summed E-state index contributed by atoms with van der Waals surface area (Å²) in [5.41, 5.74) is 0. The third kappa shape index (κ3) is 30.8. The molecular formula is C70H128N2O23. The fourth-order valence-corrected chi connectivity index (χ4v) is 12.8. The zero-order valence-electron chi connectivity index (χ0n) is 57.5. The number of aliphatic hydroxyl groups is 13. The molecule has 2 amide bonds. The molecule has 4 aliphatic rings. The van der Waals surface area contributed by atoms with Crippen LogP contribution in [0.5, 0.6) is 0 Å². The Morgan fingerprint density at radius 2 is 0.779 bits per heavy atom. The van der Waals surface area contributed by atoms with Crippen molar-refractivity contribution < 1.29 is 114 Å². The molecule has 25 heteroatoms. The molecule has 4 aliphatic heterocycles. The van der Waals surface area contributed by atoms with Crippen LogP contribution in [-0.2, 0) is 47.5 Å². The molecule has 15 N–H and O–H groups in total. The number of amides is 2. The van der Waals surface area contributed by atoms with Crippen molar-refractivity contribution in [1.29, 1.82) is 0 Å². The molecular weight excluding hydrogens is 1240 g/mol. The van der Waals surface area contributed by atoms with Crippen molar-refractivity contribution in [2.75, 3.05) is 33.0 Å². The van der Waals surface area contributed by atoms with E-state index >= 15 is 0 Å². The topological polar surface area (TPSA) is 395 Å². The van der Waals surface area contributed by atoms with Crippen molar-refractivity contribution in [2.24, 2.45) is 0 Å². The molecule has 0 aromatic heterocycles. The first-order valence-electron chi connectivity index (χ1n) is 36.6. The van der Waals surface area contributed by atoms with Crippen molar-refractivity contribution in [1.82, 2.24) is 10.6 Å². The zero-order chi connectivity index (χ0) is 69.3. The lowest BCUT2D eigenvalue weighted by molar-refractivity contribution is -0.386. The Bertz CT molecular complexity index is 2010. The fraction of sp³-hybridized carbons (Fsp3) is 0.914. The molecule has 0 saturated carbocycles. The Morgan fingerprint density at radius 1 is 0.411 bits per heavy atom. The molecule has 556 valence electrons. The maximum absolute atomic E-state index is 13.5. The SMILES string of the molecule is CCCCCCCC/C=C/CCCCCCCCCCCCCCCC(=O)N[C@@H](CO[C@@H]1O[C@H](CO)[C@@H](O[C@@H]2O[C@H](CO)[C@H](O[C@H]3O[C@H](CO)[C@H](O)[C@H](O[C@@H]4O[C@H](CO)[C@H](O)[C@H](O)[C@H]4NC(C)=O)[C@H]3O)[C@H](O)[C@H]2O)[C@H](O)[C@@H]1O)[C@H](O)/C=C\CCCCCCCCCCCCC. The van der Waals surface area contributed by atoms with E-state index in [4.69, 9.17) is 37.9 Å². The summed E-state index contributed by atoms with van der Waals surface area (Å²) in [6.45, 7) is 1.63. The second kappa shape index (κ2) is 50.0. The van der Waals surface area contributed by atoms with Crippen molar-refractivity contribution in [3.8, 4) is 0 Å². The molecule has 4 fully saturated rings. The summed E-state index contributed by atoms with van der Waals surface area (Å²) in [5, 5.41) is 148. The van der Waals surface area contributed by atoms with Crippen LogP contribution < -0.4 is 10.6 Å². The van der Waals surface area contributed by atoms with Gasteiger partial charge in [0, 0.05) is 13.3 Å². The van der Waals surface area contributed by atoms with E-state index in [9.17, 15) is 76.0 Å². The second-order valence-corrected chi connectivity index (χ2v) is 26.8. The Balaban J connectivity index is 1.28. The average molecular weight is 1370 g/mol. The molecule has 0 aromatic carbocycles. The smallest absolute Gasteiger partial charge is 0.220 e.